The molecule has 0 spiro atoms. The maximum absolute atomic E-state index is 12.3. The SMILES string of the molecule is CCN(Cc1ccco1)C(=O)NC1COCC1(C)C(=O)O. The molecule has 1 saturated heterocycles. The van der Waals surface area contributed by atoms with Crippen LogP contribution in [0.2, 0.25) is 0 Å². The first-order chi connectivity index (χ1) is 9.97. The fraction of sp³-hybridized carbons (Fsp3) is 0.571. The van der Waals surface area contributed by atoms with Gasteiger partial charge in [-0.3, -0.25) is 4.79 Å². The van der Waals surface area contributed by atoms with E-state index in [1.165, 1.54) is 0 Å². The molecule has 0 radical (unpaired) electrons. The van der Waals surface area contributed by atoms with E-state index in [0.29, 0.717) is 18.8 Å². The van der Waals surface area contributed by atoms with E-state index in [4.69, 9.17) is 9.15 Å². The van der Waals surface area contributed by atoms with Gasteiger partial charge in [0, 0.05) is 6.54 Å². The molecule has 0 saturated carbocycles. The summed E-state index contributed by atoms with van der Waals surface area (Å²) in [4.78, 5) is 25.2. The lowest BCUT2D eigenvalue weighted by Crippen LogP contribution is -2.53. The number of amides is 2. The predicted octanol–water partition coefficient (Wildman–Crippen LogP) is 1.30. The van der Waals surface area contributed by atoms with E-state index < -0.39 is 17.4 Å². The average Bonchev–Trinajstić information content (AvgIpc) is 3.07. The van der Waals surface area contributed by atoms with Crippen molar-refractivity contribution in [2.45, 2.75) is 26.4 Å². The van der Waals surface area contributed by atoms with Crippen LogP contribution < -0.4 is 5.32 Å². The average molecular weight is 296 g/mol. The van der Waals surface area contributed by atoms with Gasteiger partial charge in [-0.15, -0.1) is 0 Å². The molecule has 2 rings (SSSR count). The number of aliphatic carboxylic acids is 1. The summed E-state index contributed by atoms with van der Waals surface area (Å²) in [5.74, 6) is -0.296. The quantitative estimate of drug-likeness (QED) is 0.854. The molecular weight excluding hydrogens is 276 g/mol. The Morgan fingerprint density at radius 2 is 2.33 bits per heavy atom. The van der Waals surface area contributed by atoms with Gasteiger partial charge < -0.3 is 24.5 Å². The van der Waals surface area contributed by atoms with E-state index in [9.17, 15) is 14.7 Å². The Kier molecular flexibility index (Phi) is 4.52. The molecule has 2 heterocycles. The lowest BCUT2D eigenvalue weighted by atomic mass is 9.85. The minimum absolute atomic E-state index is 0.0948. The van der Waals surface area contributed by atoms with Crippen molar-refractivity contribution in [3.63, 3.8) is 0 Å². The topological polar surface area (TPSA) is 92.0 Å². The highest BCUT2D eigenvalue weighted by atomic mass is 16.5. The summed E-state index contributed by atoms with van der Waals surface area (Å²) in [7, 11) is 0. The second-order valence-corrected chi connectivity index (χ2v) is 5.33. The van der Waals surface area contributed by atoms with E-state index in [2.05, 4.69) is 5.32 Å². The van der Waals surface area contributed by atoms with E-state index in [0.717, 1.165) is 0 Å². The highest BCUT2D eigenvalue weighted by Crippen LogP contribution is 2.28. The third kappa shape index (κ3) is 3.18. The number of rotatable bonds is 5. The Balaban J connectivity index is 2.00. The van der Waals surface area contributed by atoms with Gasteiger partial charge >= 0.3 is 12.0 Å². The number of carbonyl (C=O) groups excluding carboxylic acids is 1. The van der Waals surface area contributed by atoms with Gasteiger partial charge in [-0.1, -0.05) is 0 Å². The maximum atomic E-state index is 12.3. The molecule has 0 aromatic carbocycles. The smallest absolute Gasteiger partial charge is 0.318 e. The van der Waals surface area contributed by atoms with Crippen molar-refractivity contribution in [3.05, 3.63) is 24.2 Å². The molecule has 1 fully saturated rings. The monoisotopic (exact) mass is 296 g/mol. The molecular formula is C14H20N2O5. The summed E-state index contributed by atoms with van der Waals surface area (Å²) in [5, 5.41) is 12.1. The van der Waals surface area contributed by atoms with Crippen molar-refractivity contribution in [2.24, 2.45) is 5.41 Å². The number of nitrogens with zero attached hydrogens (tertiary/aromatic N) is 1. The number of nitrogens with one attached hydrogen (secondary N) is 1. The Hall–Kier alpha value is -2.02. The van der Waals surface area contributed by atoms with Crippen molar-refractivity contribution >= 4 is 12.0 Å². The molecule has 1 aliphatic rings. The van der Waals surface area contributed by atoms with Crippen molar-refractivity contribution in [2.75, 3.05) is 19.8 Å². The van der Waals surface area contributed by atoms with Gasteiger partial charge in [0.1, 0.15) is 11.2 Å². The first kappa shape index (κ1) is 15.4. The van der Waals surface area contributed by atoms with Gasteiger partial charge in [0.15, 0.2) is 0 Å². The summed E-state index contributed by atoms with van der Waals surface area (Å²) in [6, 6.07) is 2.67. The number of carboxylic acid groups (broad SMARTS) is 1. The minimum atomic E-state index is -1.10. The van der Waals surface area contributed by atoms with Crippen LogP contribution >= 0.6 is 0 Å². The van der Waals surface area contributed by atoms with Crippen LogP contribution in [0.1, 0.15) is 19.6 Å². The van der Waals surface area contributed by atoms with Crippen LogP contribution in [0.3, 0.4) is 0 Å². The van der Waals surface area contributed by atoms with Gasteiger partial charge in [-0.05, 0) is 26.0 Å². The van der Waals surface area contributed by atoms with Crippen molar-refractivity contribution in [1.82, 2.24) is 10.2 Å². The molecule has 2 amide bonds. The Bertz CT molecular complexity index is 501. The zero-order valence-electron chi connectivity index (χ0n) is 12.2. The van der Waals surface area contributed by atoms with Gasteiger partial charge in [0.05, 0.1) is 32.1 Å². The highest BCUT2D eigenvalue weighted by Gasteiger charge is 2.47. The summed E-state index contributed by atoms with van der Waals surface area (Å²) in [6.45, 7) is 4.56. The number of carbonyl (C=O) groups is 2. The standard InChI is InChI=1S/C14H20N2O5/c1-3-16(7-10-5-4-6-21-10)13(19)15-11-8-20-9-14(11,2)12(17)18/h4-6,11H,3,7-9H2,1-2H3,(H,15,19)(H,17,18). The molecule has 2 unspecified atom stereocenters. The number of ether oxygens (including phenoxy) is 1. The Labute approximate surface area is 122 Å². The summed E-state index contributed by atoms with van der Waals surface area (Å²) >= 11 is 0. The predicted molar refractivity (Wildman–Crippen MR) is 73.7 cm³/mol. The minimum Gasteiger partial charge on any atom is -0.481 e. The van der Waals surface area contributed by atoms with E-state index in [1.54, 1.807) is 30.2 Å². The van der Waals surface area contributed by atoms with Crippen molar-refractivity contribution in [3.8, 4) is 0 Å². The lowest BCUT2D eigenvalue weighted by molar-refractivity contribution is -0.148. The van der Waals surface area contributed by atoms with Crippen LogP contribution in [0.15, 0.2) is 22.8 Å². The van der Waals surface area contributed by atoms with Gasteiger partial charge in [0.25, 0.3) is 0 Å². The van der Waals surface area contributed by atoms with Crippen LogP contribution in [0.25, 0.3) is 0 Å². The fourth-order valence-electron chi connectivity index (χ4n) is 2.24. The van der Waals surface area contributed by atoms with E-state index in [-0.39, 0.29) is 19.2 Å². The number of carboxylic acids is 1. The van der Waals surface area contributed by atoms with Gasteiger partial charge in [0.2, 0.25) is 0 Å². The zero-order chi connectivity index (χ0) is 15.5. The Morgan fingerprint density at radius 3 is 2.90 bits per heavy atom. The van der Waals surface area contributed by atoms with Crippen LogP contribution in [0.5, 0.6) is 0 Å². The molecule has 2 atom stereocenters. The number of furan rings is 1. The third-order valence-electron chi connectivity index (χ3n) is 3.84. The number of urea groups is 1. The first-order valence-electron chi connectivity index (χ1n) is 6.86. The van der Waals surface area contributed by atoms with Crippen LogP contribution in [-0.2, 0) is 16.1 Å². The normalized spacial score (nSPS) is 24.8. The molecule has 21 heavy (non-hydrogen) atoms. The fourth-order valence-corrected chi connectivity index (χ4v) is 2.24. The molecule has 1 aromatic rings. The molecule has 1 aromatic heterocycles. The Morgan fingerprint density at radius 1 is 1.57 bits per heavy atom. The zero-order valence-corrected chi connectivity index (χ0v) is 12.2. The number of hydrogen-bond acceptors (Lipinski definition) is 4. The number of hydrogen-bond donors (Lipinski definition) is 2. The summed E-state index contributed by atoms with van der Waals surface area (Å²) in [5.41, 5.74) is -1.10. The molecule has 1 aliphatic heterocycles. The van der Waals surface area contributed by atoms with Crippen LogP contribution in [-0.4, -0.2) is 47.8 Å². The van der Waals surface area contributed by atoms with Crippen molar-refractivity contribution < 1.29 is 23.8 Å². The second kappa shape index (κ2) is 6.17. The molecule has 116 valence electrons. The summed E-state index contributed by atoms with van der Waals surface area (Å²) in [6.07, 6.45) is 1.55. The molecule has 7 heteroatoms. The highest BCUT2D eigenvalue weighted by molar-refractivity contribution is 5.79. The van der Waals surface area contributed by atoms with Crippen LogP contribution in [0, 0.1) is 5.41 Å². The first-order valence-corrected chi connectivity index (χ1v) is 6.86. The third-order valence-corrected chi connectivity index (χ3v) is 3.84. The molecule has 7 nitrogen and oxygen atoms in total. The summed E-state index contributed by atoms with van der Waals surface area (Å²) < 4.78 is 10.4. The van der Waals surface area contributed by atoms with E-state index in [1.807, 2.05) is 6.92 Å². The van der Waals surface area contributed by atoms with E-state index >= 15 is 0 Å². The maximum Gasteiger partial charge on any atom is 0.318 e. The molecule has 0 bridgehead atoms. The largest absolute Gasteiger partial charge is 0.481 e. The lowest BCUT2D eigenvalue weighted by Gasteiger charge is -2.28. The van der Waals surface area contributed by atoms with Crippen LogP contribution in [0.4, 0.5) is 4.79 Å². The van der Waals surface area contributed by atoms with Crippen molar-refractivity contribution in [1.29, 1.82) is 0 Å². The van der Waals surface area contributed by atoms with Gasteiger partial charge in [-0.25, -0.2) is 4.79 Å². The second-order valence-electron chi connectivity index (χ2n) is 5.33. The molecule has 0 aliphatic carbocycles. The molecule has 2 N–H and O–H groups in total. The van der Waals surface area contributed by atoms with Gasteiger partial charge in [-0.2, -0.15) is 0 Å².